The van der Waals surface area contributed by atoms with Crippen molar-refractivity contribution in [3.8, 4) is 0 Å². The molecule has 0 fully saturated rings. The summed E-state index contributed by atoms with van der Waals surface area (Å²) in [7, 11) is 0. The third-order valence-corrected chi connectivity index (χ3v) is 0. The van der Waals surface area contributed by atoms with Gasteiger partial charge in [0.1, 0.15) is 0 Å². The van der Waals surface area contributed by atoms with Crippen LogP contribution in [0.1, 0.15) is 0 Å². The van der Waals surface area contributed by atoms with E-state index in [0.29, 0.717) is 0 Å². The zero-order chi connectivity index (χ0) is 0. The van der Waals surface area contributed by atoms with Crippen LogP contribution in [0, 0.1) is 0 Å². The molecule has 8 heavy (non-hydrogen) atoms. The summed E-state index contributed by atoms with van der Waals surface area (Å²) in [6.07, 6.45) is 0. The van der Waals surface area contributed by atoms with E-state index in [1.54, 1.807) is 0 Å². The van der Waals surface area contributed by atoms with Gasteiger partial charge in [0.25, 0.3) is 0 Å². The maximum atomic E-state index is 0. The van der Waals surface area contributed by atoms with Gasteiger partial charge in [-0.2, -0.15) is 0 Å². The van der Waals surface area contributed by atoms with Crippen LogP contribution in [0.3, 0.4) is 0 Å². The van der Waals surface area contributed by atoms with Gasteiger partial charge >= 0.3 is 86.6 Å². The predicted molar refractivity (Wildman–Crippen MR) is 14.9 cm³/mol. The summed E-state index contributed by atoms with van der Waals surface area (Å²) < 4.78 is 0. The molecule has 0 heterocycles. The Labute approximate surface area is 132 Å². The summed E-state index contributed by atoms with van der Waals surface area (Å²) in [6.45, 7) is 0. The van der Waals surface area contributed by atoms with Crippen LogP contribution in [-0.4, -0.2) is 86.6 Å². The summed E-state index contributed by atoms with van der Waals surface area (Å²) in [5, 5.41) is 0. The van der Waals surface area contributed by atoms with Crippen molar-refractivity contribution in [3.05, 3.63) is 0 Å². The average Bonchev–Trinajstić information content (AvgIpc) is 0. The van der Waals surface area contributed by atoms with Crippen molar-refractivity contribution in [2.45, 2.75) is 0 Å². The van der Waals surface area contributed by atoms with Gasteiger partial charge in [-0.25, -0.2) is 0 Å². The quantitative estimate of drug-likeness (QED) is 0.410. The first kappa shape index (κ1) is 109. The van der Waals surface area contributed by atoms with Crippen LogP contribution in [-0.2, 0) is 48.4 Å². The van der Waals surface area contributed by atoms with Crippen molar-refractivity contribution in [1.29, 1.82) is 0 Å². The van der Waals surface area contributed by atoms with Gasteiger partial charge in [0.15, 0.2) is 0 Å². The molecule has 0 aliphatic carbocycles. The Morgan fingerprint density at radius 2 is 0.500 bits per heavy atom. The minimum Gasteiger partial charge on any atom is -2.00 e. The summed E-state index contributed by atoms with van der Waals surface area (Å²) in [5.41, 5.74) is 0. The fourth-order valence-electron chi connectivity index (χ4n) is 0. The fourth-order valence-corrected chi connectivity index (χ4v) is 0. The van der Waals surface area contributed by atoms with Gasteiger partial charge in [0, 0.05) is 21.1 Å². The van der Waals surface area contributed by atoms with Gasteiger partial charge in [-0.3, -0.25) is 0 Å². The van der Waals surface area contributed by atoms with Gasteiger partial charge in [-0.05, 0) is 0 Å². The molecule has 0 saturated heterocycles. The van der Waals surface area contributed by atoms with Crippen LogP contribution < -0.4 is 0 Å². The minimum atomic E-state index is 0. The Morgan fingerprint density at radius 1 is 0.500 bits per heavy atom. The Balaban J connectivity index is 0. The van der Waals surface area contributed by atoms with E-state index in [9.17, 15) is 0 Å². The van der Waals surface area contributed by atoms with E-state index in [0.717, 1.165) is 0 Å². The Kier molecular flexibility index (Phi) is 1110. The zero-order valence-electron chi connectivity index (χ0n) is 3.86. The molecule has 8 heteroatoms. The second-order valence-electron chi connectivity index (χ2n) is 0. The molecule has 0 bridgehead atoms. The van der Waals surface area contributed by atoms with E-state index < -0.39 is 0 Å². The third kappa shape index (κ3) is 58.5. The van der Waals surface area contributed by atoms with Gasteiger partial charge in [-0.1, -0.05) is 0 Å². The van der Waals surface area contributed by atoms with E-state index in [4.69, 9.17) is 0 Å². The molecule has 0 radical (unpaired) electrons. The molecule has 0 N–H and O–H groups in total. The summed E-state index contributed by atoms with van der Waals surface area (Å²) in [6, 6.07) is 0. The fraction of sp³-hybridized carbons (Fsp3) is 0. The maximum absolute atomic E-state index is 0. The normalized spacial score (nSPS) is 0. The van der Waals surface area contributed by atoms with E-state index in [-0.39, 0.29) is 135 Å². The number of hydrogen-bond donors (Lipinski definition) is 0. The van der Waals surface area contributed by atoms with Crippen LogP contribution in [0.25, 0.3) is 0 Å². The number of rotatable bonds is 0. The molecule has 0 rings (SSSR count). The van der Waals surface area contributed by atoms with Crippen LogP contribution >= 0.6 is 0 Å². The van der Waals surface area contributed by atoms with Crippen LogP contribution in [0.5, 0.6) is 0 Å². The van der Waals surface area contributed by atoms with Crippen molar-refractivity contribution in [2.24, 2.45) is 0 Å². The molecule has 0 spiro atoms. The molecular weight excluding hydrogens is 441 g/mol. The molecule has 46 valence electrons. The first-order valence-electron chi connectivity index (χ1n) is 0. The zero-order valence-corrected chi connectivity index (χ0v) is 13.4. The molecule has 0 unspecified atom stereocenters. The monoisotopic (exact) mass is 442 g/mol. The first-order valence-corrected chi connectivity index (χ1v) is 0. The molecule has 0 aromatic heterocycles. The molecule has 0 amide bonds. The minimum absolute atomic E-state index is 0. The molecule has 0 aliphatic rings. The molecule has 0 saturated carbocycles. The van der Waals surface area contributed by atoms with E-state index in [1.807, 2.05) is 0 Å². The SMILES string of the molecule is [Ba+2].[Ca+2].[O-2].[O-2].[O-2].[O-2].[O-2].[W]. The Morgan fingerprint density at radius 3 is 0.500 bits per heavy atom. The van der Waals surface area contributed by atoms with Crippen molar-refractivity contribution in [2.75, 3.05) is 0 Å². The topological polar surface area (TPSA) is 142 Å². The molecule has 0 aromatic carbocycles. The number of hydrogen-bond acceptors (Lipinski definition) is 0. The molecule has 0 aromatic rings. The van der Waals surface area contributed by atoms with Crippen LogP contribution in [0.15, 0.2) is 0 Å². The van der Waals surface area contributed by atoms with Crippen LogP contribution in [0.4, 0.5) is 0 Å². The predicted octanol–water partition coefficient (Wildman–Crippen LogP) is -1.36. The van der Waals surface area contributed by atoms with E-state index >= 15 is 0 Å². The van der Waals surface area contributed by atoms with Gasteiger partial charge < -0.3 is 27.4 Å². The Bertz CT molecular complexity index is 12.4. The third-order valence-electron chi connectivity index (χ3n) is 0. The van der Waals surface area contributed by atoms with Crippen LogP contribution in [0.2, 0.25) is 0 Å². The smallest absolute Gasteiger partial charge is 2.00 e. The second kappa shape index (κ2) is 81.3. The van der Waals surface area contributed by atoms with Crippen molar-refractivity contribution in [1.82, 2.24) is 0 Å². The standard InChI is InChI=1S/Ba.Ca.5O.W/q2*+2;5*-2;. The Hall–Kier alpha value is 3.32. The maximum Gasteiger partial charge on any atom is 2.00 e. The first-order chi connectivity index (χ1) is 0. The molecule has 5 nitrogen and oxygen atoms in total. The average molecular weight is 441 g/mol. The van der Waals surface area contributed by atoms with E-state index in [2.05, 4.69) is 0 Å². The summed E-state index contributed by atoms with van der Waals surface area (Å²) >= 11 is 0. The van der Waals surface area contributed by atoms with Gasteiger partial charge in [-0.15, -0.1) is 0 Å². The van der Waals surface area contributed by atoms with Crippen molar-refractivity contribution < 1.29 is 48.4 Å². The van der Waals surface area contributed by atoms with Crippen molar-refractivity contribution in [3.63, 3.8) is 0 Å². The van der Waals surface area contributed by atoms with Gasteiger partial charge in [0.2, 0.25) is 0 Å². The molecule has 0 aliphatic heterocycles. The van der Waals surface area contributed by atoms with E-state index in [1.165, 1.54) is 0 Å². The molecule has 0 atom stereocenters. The largest absolute Gasteiger partial charge is 2.00 e. The summed E-state index contributed by atoms with van der Waals surface area (Å²) in [4.78, 5) is 0. The van der Waals surface area contributed by atoms with Crippen molar-refractivity contribution >= 4 is 86.6 Å². The van der Waals surface area contributed by atoms with Gasteiger partial charge in [0.05, 0.1) is 0 Å². The molecular formula is BaCaO5W-6. The second-order valence-corrected chi connectivity index (χ2v) is 0. The summed E-state index contributed by atoms with van der Waals surface area (Å²) in [5.74, 6) is 0.